The zero-order valence-electron chi connectivity index (χ0n) is 9.69. The van der Waals surface area contributed by atoms with Crippen LogP contribution in [-0.2, 0) is 14.3 Å². The number of nitrogens with one attached hydrogen (secondary N) is 2. The van der Waals surface area contributed by atoms with Gasteiger partial charge in [0.05, 0.1) is 7.11 Å². The van der Waals surface area contributed by atoms with Gasteiger partial charge < -0.3 is 15.4 Å². The molecule has 0 fully saturated rings. The van der Waals surface area contributed by atoms with Crippen molar-refractivity contribution >= 4 is 23.3 Å². The predicted octanol–water partition coefficient (Wildman–Crippen LogP) is 1.74. The summed E-state index contributed by atoms with van der Waals surface area (Å²) in [6.45, 7) is 1.45. The number of methoxy groups -OCH3 is 1. The van der Waals surface area contributed by atoms with E-state index in [4.69, 9.17) is 0 Å². The number of benzene rings is 1. The van der Waals surface area contributed by atoms with Gasteiger partial charge in [0.1, 0.15) is 0 Å². The fraction of sp³-hybridized carbons (Fsp3) is 0.167. The summed E-state index contributed by atoms with van der Waals surface area (Å²) < 4.78 is 4.44. The van der Waals surface area contributed by atoms with E-state index in [2.05, 4.69) is 15.4 Å². The zero-order valence-corrected chi connectivity index (χ0v) is 9.69. The molecule has 0 radical (unpaired) electrons. The standard InChI is InChI=1S/C12H14N2O3/c1-9(15)14-11-5-3-10(4-6-11)13-8-7-12(16)17-2/h3-8,13H,1-2H3,(H,14,15)/b8-7+. The van der Waals surface area contributed by atoms with Crippen molar-refractivity contribution in [2.45, 2.75) is 6.92 Å². The van der Waals surface area contributed by atoms with E-state index < -0.39 is 5.97 Å². The highest BCUT2D eigenvalue weighted by molar-refractivity contribution is 5.88. The second kappa shape index (κ2) is 6.32. The van der Waals surface area contributed by atoms with E-state index in [1.807, 2.05) is 0 Å². The summed E-state index contributed by atoms with van der Waals surface area (Å²) in [5, 5.41) is 5.55. The normalized spacial score (nSPS) is 10.0. The highest BCUT2D eigenvalue weighted by Gasteiger charge is 1.95. The molecule has 2 N–H and O–H groups in total. The molecule has 90 valence electrons. The summed E-state index contributed by atoms with van der Waals surface area (Å²) in [6.07, 6.45) is 2.76. The van der Waals surface area contributed by atoms with Gasteiger partial charge >= 0.3 is 5.97 Å². The van der Waals surface area contributed by atoms with Crippen molar-refractivity contribution in [1.82, 2.24) is 0 Å². The van der Waals surface area contributed by atoms with Crippen LogP contribution in [0.5, 0.6) is 0 Å². The van der Waals surface area contributed by atoms with Gasteiger partial charge in [0.2, 0.25) is 5.91 Å². The minimum absolute atomic E-state index is 0.115. The van der Waals surface area contributed by atoms with Crippen LogP contribution in [0.1, 0.15) is 6.92 Å². The van der Waals surface area contributed by atoms with Crippen LogP contribution in [0.2, 0.25) is 0 Å². The third-order valence-electron chi connectivity index (χ3n) is 1.88. The molecular weight excluding hydrogens is 220 g/mol. The Morgan fingerprint density at radius 1 is 1.18 bits per heavy atom. The minimum Gasteiger partial charge on any atom is -0.466 e. The van der Waals surface area contributed by atoms with E-state index in [1.54, 1.807) is 24.3 Å². The van der Waals surface area contributed by atoms with Crippen LogP contribution < -0.4 is 10.6 Å². The summed E-state index contributed by atoms with van der Waals surface area (Å²) in [6, 6.07) is 7.09. The Morgan fingerprint density at radius 2 is 1.76 bits per heavy atom. The van der Waals surface area contributed by atoms with Crippen molar-refractivity contribution in [3.8, 4) is 0 Å². The molecular formula is C12H14N2O3. The van der Waals surface area contributed by atoms with Crippen LogP contribution in [-0.4, -0.2) is 19.0 Å². The van der Waals surface area contributed by atoms with Crippen molar-refractivity contribution in [3.63, 3.8) is 0 Å². The molecule has 1 amide bonds. The lowest BCUT2D eigenvalue weighted by Crippen LogP contribution is -2.05. The summed E-state index contributed by atoms with van der Waals surface area (Å²) in [5.41, 5.74) is 1.53. The SMILES string of the molecule is COC(=O)/C=C/Nc1ccc(NC(C)=O)cc1. The zero-order chi connectivity index (χ0) is 12.7. The van der Waals surface area contributed by atoms with Gasteiger partial charge in [-0.1, -0.05) is 0 Å². The lowest BCUT2D eigenvalue weighted by molar-refractivity contribution is -0.134. The van der Waals surface area contributed by atoms with Gasteiger partial charge in [-0.05, 0) is 24.3 Å². The maximum Gasteiger partial charge on any atom is 0.331 e. The quantitative estimate of drug-likeness (QED) is 0.615. The van der Waals surface area contributed by atoms with Crippen LogP contribution in [0.25, 0.3) is 0 Å². The molecule has 0 saturated carbocycles. The number of carbonyl (C=O) groups excluding carboxylic acids is 2. The average Bonchev–Trinajstić information content (AvgIpc) is 2.30. The lowest BCUT2D eigenvalue weighted by atomic mass is 10.3. The van der Waals surface area contributed by atoms with Crippen LogP contribution >= 0.6 is 0 Å². The summed E-state index contributed by atoms with van der Waals surface area (Å²) in [4.78, 5) is 21.6. The second-order valence-corrected chi connectivity index (χ2v) is 3.26. The topological polar surface area (TPSA) is 67.4 Å². The molecule has 0 aromatic heterocycles. The van der Waals surface area contributed by atoms with Gasteiger partial charge in [0, 0.05) is 30.6 Å². The van der Waals surface area contributed by atoms with Crippen LogP contribution in [0.3, 0.4) is 0 Å². The molecule has 5 nitrogen and oxygen atoms in total. The van der Waals surface area contributed by atoms with Crippen molar-refractivity contribution in [2.24, 2.45) is 0 Å². The molecule has 5 heteroatoms. The number of carbonyl (C=O) groups is 2. The Morgan fingerprint density at radius 3 is 2.29 bits per heavy atom. The van der Waals surface area contributed by atoms with E-state index in [-0.39, 0.29) is 5.91 Å². The lowest BCUT2D eigenvalue weighted by Gasteiger charge is -2.04. The number of esters is 1. The summed E-state index contributed by atoms with van der Waals surface area (Å²) in [7, 11) is 1.31. The first-order valence-corrected chi connectivity index (χ1v) is 5.00. The molecule has 1 rings (SSSR count). The van der Waals surface area contributed by atoms with Crippen molar-refractivity contribution in [1.29, 1.82) is 0 Å². The number of ether oxygens (including phenoxy) is 1. The Hall–Kier alpha value is -2.30. The maximum atomic E-state index is 10.8. The molecule has 0 aliphatic rings. The molecule has 0 unspecified atom stereocenters. The average molecular weight is 234 g/mol. The summed E-state index contributed by atoms with van der Waals surface area (Å²) >= 11 is 0. The molecule has 0 saturated heterocycles. The first-order valence-electron chi connectivity index (χ1n) is 5.00. The van der Waals surface area contributed by atoms with Crippen molar-refractivity contribution in [3.05, 3.63) is 36.5 Å². The first kappa shape index (κ1) is 12.8. The summed E-state index contributed by atoms with van der Waals surface area (Å²) in [5.74, 6) is -0.538. The highest BCUT2D eigenvalue weighted by Crippen LogP contribution is 2.13. The molecule has 0 aliphatic carbocycles. The monoisotopic (exact) mass is 234 g/mol. The number of amides is 1. The van der Waals surface area contributed by atoms with Gasteiger partial charge in [-0.15, -0.1) is 0 Å². The molecule has 0 heterocycles. The highest BCUT2D eigenvalue weighted by atomic mass is 16.5. The minimum atomic E-state index is -0.424. The molecule has 0 spiro atoms. The van der Waals surface area contributed by atoms with Crippen LogP contribution in [0.15, 0.2) is 36.5 Å². The van der Waals surface area contributed by atoms with E-state index >= 15 is 0 Å². The van der Waals surface area contributed by atoms with Crippen LogP contribution in [0.4, 0.5) is 11.4 Å². The smallest absolute Gasteiger partial charge is 0.331 e. The third kappa shape index (κ3) is 4.83. The fourth-order valence-electron chi connectivity index (χ4n) is 1.13. The fourth-order valence-corrected chi connectivity index (χ4v) is 1.13. The predicted molar refractivity (Wildman–Crippen MR) is 65.5 cm³/mol. The molecule has 0 atom stereocenters. The van der Waals surface area contributed by atoms with Gasteiger partial charge in [0.25, 0.3) is 0 Å². The van der Waals surface area contributed by atoms with Gasteiger partial charge in [0.15, 0.2) is 0 Å². The third-order valence-corrected chi connectivity index (χ3v) is 1.88. The number of anilines is 2. The largest absolute Gasteiger partial charge is 0.466 e. The first-order chi connectivity index (χ1) is 8.11. The molecule has 17 heavy (non-hydrogen) atoms. The Bertz CT molecular complexity index is 424. The van der Waals surface area contributed by atoms with Gasteiger partial charge in [-0.3, -0.25) is 4.79 Å². The van der Waals surface area contributed by atoms with Crippen molar-refractivity contribution < 1.29 is 14.3 Å². The van der Waals surface area contributed by atoms with E-state index in [0.29, 0.717) is 0 Å². The second-order valence-electron chi connectivity index (χ2n) is 3.26. The molecule has 0 aliphatic heterocycles. The maximum absolute atomic E-state index is 10.8. The molecule has 1 aromatic carbocycles. The van der Waals surface area contributed by atoms with E-state index in [9.17, 15) is 9.59 Å². The Balaban J connectivity index is 2.53. The van der Waals surface area contributed by atoms with E-state index in [0.717, 1.165) is 11.4 Å². The van der Waals surface area contributed by atoms with Crippen molar-refractivity contribution in [2.75, 3.05) is 17.7 Å². The number of hydrogen-bond donors (Lipinski definition) is 2. The van der Waals surface area contributed by atoms with E-state index in [1.165, 1.54) is 26.3 Å². The number of hydrogen-bond acceptors (Lipinski definition) is 4. The molecule has 0 bridgehead atoms. The number of rotatable bonds is 4. The van der Waals surface area contributed by atoms with Gasteiger partial charge in [-0.25, -0.2) is 4.79 Å². The Labute approximate surface area is 99.5 Å². The van der Waals surface area contributed by atoms with Gasteiger partial charge in [-0.2, -0.15) is 0 Å². The Kier molecular flexibility index (Phi) is 4.75. The molecule has 1 aromatic rings. The van der Waals surface area contributed by atoms with Crippen LogP contribution in [0, 0.1) is 0 Å².